The van der Waals surface area contributed by atoms with Crippen molar-refractivity contribution in [2.24, 2.45) is 0 Å². The van der Waals surface area contributed by atoms with Crippen molar-refractivity contribution < 1.29 is 24.5 Å². The molecule has 3 N–H and O–H groups in total. The fourth-order valence-electron chi connectivity index (χ4n) is 7.57. The lowest BCUT2D eigenvalue weighted by atomic mass is 10.0. The van der Waals surface area contributed by atoms with Gasteiger partial charge in [0.25, 0.3) is 0 Å². The average Bonchev–Trinajstić information content (AvgIpc) is 3.21. The van der Waals surface area contributed by atoms with Crippen molar-refractivity contribution in [1.29, 1.82) is 0 Å². The Morgan fingerprint density at radius 1 is 0.474 bits per heavy atom. The summed E-state index contributed by atoms with van der Waals surface area (Å²) >= 11 is 0. The van der Waals surface area contributed by atoms with Crippen LogP contribution in [-0.4, -0.2) is 47.4 Å². The van der Waals surface area contributed by atoms with Gasteiger partial charge < -0.3 is 20.3 Å². The highest BCUT2D eigenvalue weighted by Crippen LogP contribution is 2.15. The molecule has 0 aromatic carbocycles. The number of aliphatic hydroxyl groups excluding tert-OH is 2. The molecule has 0 aliphatic rings. The minimum atomic E-state index is -0.858. The number of ether oxygens (including phenoxy) is 1. The van der Waals surface area contributed by atoms with Crippen molar-refractivity contribution in [3.63, 3.8) is 0 Å². The van der Waals surface area contributed by atoms with Gasteiger partial charge in [0, 0.05) is 12.8 Å². The van der Waals surface area contributed by atoms with Crippen molar-refractivity contribution in [2.45, 2.75) is 276 Å². The first kappa shape index (κ1) is 55.3. The summed E-state index contributed by atoms with van der Waals surface area (Å²) in [5.74, 6) is -0.120. The minimum absolute atomic E-state index is 0.0290. The molecule has 0 rings (SSSR count). The Balaban J connectivity index is 3.52. The van der Waals surface area contributed by atoms with Crippen molar-refractivity contribution >= 4 is 11.9 Å². The zero-order valence-corrected chi connectivity index (χ0v) is 38.1. The molecule has 0 aromatic heterocycles. The van der Waals surface area contributed by atoms with E-state index in [0.717, 1.165) is 57.8 Å². The Morgan fingerprint density at radius 2 is 0.825 bits per heavy atom. The number of hydrogen-bond donors (Lipinski definition) is 3. The zero-order chi connectivity index (χ0) is 41.5. The van der Waals surface area contributed by atoms with E-state index in [-0.39, 0.29) is 18.5 Å². The molecular weight excluding hydrogens is 707 g/mol. The lowest BCUT2D eigenvalue weighted by Crippen LogP contribution is -2.45. The van der Waals surface area contributed by atoms with E-state index < -0.39 is 12.1 Å². The van der Waals surface area contributed by atoms with Gasteiger partial charge in [-0.3, -0.25) is 9.59 Å². The number of allylic oxidation sites excluding steroid dienone is 3. The second-order valence-corrected chi connectivity index (χ2v) is 17.1. The predicted octanol–water partition coefficient (Wildman–Crippen LogP) is 14.7. The quantitative estimate of drug-likeness (QED) is 0.0324. The molecule has 1 amide bonds. The van der Waals surface area contributed by atoms with E-state index in [0.29, 0.717) is 19.4 Å². The van der Waals surface area contributed by atoms with Crippen molar-refractivity contribution in [3.05, 3.63) is 24.3 Å². The highest BCUT2D eigenvalue weighted by atomic mass is 16.5. The summed E-state index contributed by atoms with van der Waals surface area (Å²) in [6, 6.07) is -0.644. The predicted molar refractivity (Wildman–Crippen MR) is 246 cm³/mol. The van der Waals surface area contributed by atoms with Gasteiger partial charge in [0.1, 0.15) is 0 Å². The molecule has 0 aliphatic heterocycles. The van der Waals surface area contributed by atoms with Crippen LogP contribution in [0.25, 0.3) is 0 Å². The summed E-state index contributed by atoms with van der Waals surface area (Å²) < 4.78 is 5.45. The molecule has 57 heavy (non-hydrogen) atoms. The lowest BCUT2D eigenvalue weighted by Gasteiger charge is -2.20. The van der Waals surface area contributed by atoms with Gasteiger partial charge in [0.15, 0.2) is 0 Å². The molecule has 0 saturated carbocycles. The third-order valence-corrected chi connectivity index (χ3v) is 11.5. The first-order valence-electron chi connectivity index (χ1n) is 25.1. The molecule has 0 bridgehead atoms. The van der Waals surface area contributed by atoms with E-state index in [1.165, 1.54) is 180 Å². The molecule has 6 nitrogen and oxygen atoms in total. The number of rotatable bonds is 46. The molecule has 2 unspecified atom stereocenters. The van der Waals surface area contributed by atoms with Crippen LogP contribution in [0.3, 0.4) is 0 Å². The zero-order valence-electron chi connectivity index (χ0n) is 38.1. The van der Waals surface area contributed by atoms with Crippen LogP contribution in [0.5, 0.6) is 0 Å². The van der Waals surface area contributed by atoms with Crippen LogP contribution in [0.2, 0.25) is 0 Å². The monoisotopic (exact) mass is 804 g/mol. The largest absolute Gasteiger partial charge is 0.466 e. The van der Waals surface area contributed by atoms with Crippen LogP contribution in [0.1, 0.15) is 264 Å². The van der Waals surface area contributed by atoms with Crippen LogP contribution >= 0.6 is 0 Å². The van der Waals surface area contributed by atoms with Crippen molar-refractivity contribution in [2.75, 3.05) is 13.2 Å². The summed E-state index contributed by atoms with van der Waals surface area (Å²) in [4.78, 5) is 24.4. The molecule has 0 fully saturated rings. The van der Waals surface area contributed by atoms with Gasteiger partial charge >= 0.3 is 5.97 Å². The normalized spacial score (nSPS) is 12.8. The van der Waals surface area contributed by atoms with Crippen LogP contribution in [0.15, 0.2) is 24.3 Å². The first-order valence-corrected chi connectivity index (χ1v) is 25.1. The second-order valence-electron chi connectivity index (χ2n) is 17.1. The number of aliphatic hydroxyl groups is 2. The second kappa shape index (κ2) is 47.0. The molecule has 6 heteroatoms. The maximum atomic E-state index is 12.4. The third kappa shape index (κ3) is 43.7. The standard InChI is InChI=1S/C51H97NO5/c1-3-5-7-9-11-13-15-17-19-21-23-27-31-35-39-43-49(54)48(47-53)52-50(55)44-40-36-32-28-25-26-30-34-38-42-46-57-51(56)45-41-37-33-29-24-22-20-18-16-14-12-10-8-6-4-2/h18,20,39,43,48-49,53-54H,3-17,19,21-38,40-42,44-47H2,1-2H3,(H,52,55)/b20-18-,43-39+. The Bertz CT molecular complexity index is 889. The average molecular weight is 804 g/mol. The molecule has 0 heterocycles. The molecule has 0 radical (unpaired) electrons. The molecule has 336 valence electrons. The summed E-state index contributed by atoms with van der Waals surface area (Å²) in [5.41, 5.74) is 0. The van der Waals surface area contributed by atoms with E-state index in [1.807, 2.05) is 6.08 Å². The number of carbonyl (C=O) groups excluding carboxylic acids is 2. The summed E-state index contributed by atoms with van der Waals surface area (Å²) in [6.07, 6.45) is 54.5. The lowest BCUT2D eigenvalue weighted by molar-refractivity contribution is -0.143. The molecule has 0 aromatic rings. The molecular formula is C51H97NO5. The number of unbranched alkanes of at least 4 members (excludes halogenated alkanes) is 33. The van der Waals surface area contributed by atoms with Gasteiger partial charge in [-0.1, -0.05) is 218 Å². The number of esters is 1. The summed E-state index contributed by atoms with van der Waals surface area (Å²) in [5, 5.41) is 23.0. The highest BCUT2D eigenvalue weighted by molar-refractivity contribution is 5.76. The number of amides is 1. The molecule has 0 saturated heterocycles. The maximum absolute atomic E-state index is 12.4. The minimum Gasteiger partial charge on any atom is -0.466 e. The summed E-state index contributed by atoms with van der Waals surface area (Å²) in [6.45, 7) is 4.84. The Labute approximate surface area is 354 Å². The van der Waals surface area contributed by atoms with Gasteiger partial charge in [-0.2, -0.15) is 0 Å². The summed E-state index contributed by atoms with van der Waals surface area (Å²) in [7, 11) is 0. The van der Waals surface area contributed by atoms with E-state index in [1.54, 1.807) is 6.08 Å². The van der Waals surface area contributed by atoms with Crippen LogP contribution in [0.4, 0.5) is 0 Å². The smallest absolute Gasteiger partial charge is 0.305 e. The fourth-order valence-corrected chi connectivity index (χ4v) is 7.57. The van der Waals surface area contributed by atoms with Crippen LogP contribution in [-0.2, 0) is 14.3 Å². The third-order valence-electron chi connectivity index (χ3n) is 11.5. The van der Waals surface area contributed by atoms with E-state index in [2.05, 4.69) is 31.3 Å². The molecule has 2 atom stereocenters. The van der Waals surface area contributed by atoms with Crippen molar-refractivity contribution in [3.8, 4) is 0 Å². The number of nitrogens with one attached hydrogen (secondary N) is 1. The Kier molecular flexibility index (Phi) is 45.7. The maximum Gasteiger partial charge on any atom is 0.305 e. The van der Waals surface area contributed by atoms with Gasteiger partial charge in [0.2, 0.25) is 5.91 Å². The molecule has 0 aliphatic carbocycles. The van der Waals surface area contributed by atoms with Gasteiger partial charge in [-0.25, -0.2) is 0 Å². The first-order chi connectivity index (χ1) is 28.0. The van der Waals surface area contributed by atoms with Gasteiger partial charge in [-0.15, -0.1) is 0 Å². The fraction of sp³-hybridized carbons (Fsp3) is 0.882. The van der Waals surface area contributed by atoms with E-state index in [9.17, 15) is 19.8 Å². The topological polar surface area (TPSA) is 95.9 Å². The van der Waals surface area contributed by atoms with Crippen molar-refractivity contribution in [1.82, 2.24) is 5.32 Å². The van der Waals surface area contributed by atoms with Crippen LogP contribution < -0.4 is 5.32 Å². The van der Waals surface area contributed by atoms with E-state index >= 15 is 0 Å². The van der Waals surface area contributed by atoms with E-state index in [4.69, 9.17) is 4.74 Å². The number of hydrogen-bond acceptors (Lipinski definition) is 5. The SMILES string of the molecule is CCCCCCCC/C=C\CCCCCCCC(=O)OCCCCCCCCCCCCC(=O)NC(CO)C(O)/C=C/CCCCCCCCCCCCCCC. The highest BCUT2D eigenvalue weighted by Gasteiger charge is 2.18. The Hall–Kier alpha value is -1.66. The van der Waals surface area contributed by atoms with Crippen LogP contribution in [0, 0.1) is 0 Å². The van der Waals surface area contributed by atoms with Gasteiger partial charge in [-0.05, 0) is 57.8 Å². The van der Waals surface area contributed by atoms with Gasteiger partial charge in [0.05, 0.1) is 25.4 Å². The Morgan fingerprint density at radius 3 is 1.25 bits per heavy atom. The molecule has 0 spiro atoms. The number of carbonyl (C=O) groups is 2.